The quantitative estimate of drug-likeness (QED) is 0.298. The van der Waals surface area contributed by atoms with E-state index in [0.29, 0.717) is 15.8 Å². The third-order valence-corrected chi connectivity index (χ3v) is 6.00. The lowest BCUT2D eigenvalue weighted by Gasteiger charge is -2.09. The van der Waals surface area contributed by atoms with Gasteiger partial charge in [-0.3, -0.25) is 9.78 Å². The van der Waals surface area contributed by atoms with Crippen molar-refractivity contribution in [1.82, 2.24) is 19.6 Å². The van der Waals surface area contributed by atoms with Crippen molar-refractivity contribution in [2.24, 2.45) is 0 Å². The van der Waals surface area contributed by atoms with E-state index in [1.807, 2.05) is 18.2 Å². The molecule has 5 aromatic rings. The summed E-state index contributed by atoms with van der Waals surface area (Å²) in [4.78, 5) is 19.9. The van der Waals surface area contributed by atoms with Gasteiger partial charge in [0.15, 0.2) is 5.69 Å². The van der Waals surface area contributed by atoms with E-state index in [4.69, 9.17) is 23.2 Å². The molecule has 0 aliphatic heterocycles. The number of pyridine rings is 1. The summed E-state index contributed by atoms with van der Waals surface area (Å²) in [5.41, 5.74) is 0.414. The first-order valence-electron chi connectivity index (χ1n) is 9.92. The van der Waals surface area contributed by atoms with E-state index >= 15 is 0 Å². The van der Waals surface area contributed by atoms with Crippen LogP contribution in [0.5, 0.6) is 0 Å². The maximum absolute atomic E-state index is 13.9. The molecule has 0 saturated heterocycles. The highest BCUT2D eigenvalue weighted by Crippen LogP contribution is 2.40. The van der Waals surface area contributed by atoms with Gasteiger partial charge in [0.05, 0.1) is 21.3 Å². The molecule has 0 aliphatic rings. The summed E-state index contributed by atoms with van der Waals surface area (Å²) < 4.78 is 42.4. The number of hydrogen-bond acceptors (Lipinski definition) is 3. The maximum atomic E-state index is 13.9. The van der Waals surface area contributed by atoms with Crippen LogP contribution < -0.4 is 5.56 Å². The number of aromatic nitrogens is 4. The second-order valence-corrected chi connectivity index (χ2v) is 8.27. The molecule has 3 heterocycles. The van der Waals surface area contributed by atoms with E-state index in [-0.39, 0.29) is 26.8 Å². The lowest BCUT2D eigenvalue weighted by molar-refractivity contribution is -0.140. The van der Waals surface area contributed by atoms with E-state index < -0.39 is 17.4 Å². The van der Waals surface area contributed by atoms with E-state index in [2.05, 4.69) is 15.1 Å². The third-order valence-electron chi connectivity index (χ3n) is 5.26. The monoisotopic (exact) mass is 500 g/mol. The minimum absolute atomic E-state index is 0.0781. The predicted octanol–water partition coefficient (Wildman–Crippen LogP) is 6.74. The van der Waals surface area contributed by atoms with E-state index in [9.17, 15) is 18.0 Å². The Morgan fingerprint density at radius 3 is 2.32 bits per heavy atom. The summed E-state index contributed by atoms with van der Waals surface area (Å²) >= 11 is 12.0. The fourth-order valence-corrected chi connectivity index (χ4v) is 4.02. The van der Waals surface area contributed by atoms with Gasteiger partial charge >= 0.3 is 6.18 Å². The van der Waals surface area contributed by atoms with Gasteiger partial charge in [0.25, 0.3) is 5.56 Å². The SMILES string of the molecule is O=c1cc(-c2cccc(-c3cccnc3)c2)[nH]c2c(-c3ccc(Cl)c(Cl)c3)c(C(F)(F)F)nn12. The summed E-state index contributed by atoms with van der Waals surface area (Å²) in [7, 11) is 0. The number of halogens is 5. The first-order chi connectivity index (χ1) is 16.2. The molecule has 0 amide bonds. The molecule has 1 N–H and O–H groups in total. The number of aromatic amines is 1. The molecular formula is C24H13Cl2F3N4O. The smallest absolute Gasteiger partial charge is 0.339 e. The Labute approximate surface area is 200 Å². The zero-order valence-corrected chi connectivity index (χ0v) is 18.6. The summed E-state index contributed by atoms with van der Waals surface area (Å²) in [6, 6.07) is 16.2. The fraction of sp³-hybridized carbons (Fsp3) is 0.0417. The van der Waals surface area contributed by atoms with Crippen LogP contribution in [0.15, 0.2) is 77.9 Å². The molecule has 0 atom stereocenters. The van der Waals surface area contributed by atoms with Crippen LogP contribution in [-0.4, -0.2) is 19.6 Å². The van der Waals surface area contributed by atoms with Gasteiger partial charge in [0, 0.05) is 24.0 Å². The average molecular weight is 501 g/mol. The molecule has 0 spiro atoms. The first kappa shape index (κ1) is 22.2. The van der Waals surface area contributed by atoms with Gasteiger partial charge in [0.2, 0.25) is 0 Å². The van der Waals surface area contributed by atoms with Crippen molar-refractivity contribution in [3.05, 3.63) is 99.2 Å². The number of hydrogen-bond donors (Lipinski definition) is 1. The van der Waals surface area contributed by atoms with Crippen LogP contribution in [0.4, 0.5) is 13.2 Å². The van der Waals surface area contributed by atoms with Crippen molar-refractivity contribution in [1.29, 1.82) is 0 Å². The molecule has 10 heteroatoms. The zero-order chi connectivity index (χ0) is 24.0. The normalized spacial score (nSPS) is 11.8. The number of rotatable bonds is 3. The van der Waals surface area contributed by atoms with Crippen molar-refractivity contribution in [2.75, 3.05) is 0 Å². The first-order valence-corrected chi connectivity index (χ1v) is 10.7. The van der Waals surface area contributed by atoms with Crippen molar-refractivity contribution in [3.63, 3.8) is 0 Å². The molecule has 5 nitrogen and oxygen atoms in total. The topological polar surface area (TPSA) is 63.0 Å². The third kappa shape index (κ3) is 3.95. The second-order valence-electron chi connectivity index (χ2n) is 7.45. The van der Waals surface area contributed by atoms with Crippen LogP contribution in [0.3, 0.4) is 0 Å². The number of H-pyrrole nitrogens is 1. The maximum Gasteiger partial charge on any atom is 0.435 e. The molecule has 34 heavy (non-hydrogen) atoms. The lowest BCUT2D eigenvalue weighted by Crippen LogP contribution is -2.15. The molecule has 5 rings (SSSR count). The number of fused-ring (bicyclic) bond motifs is 1. The minimum atomic E-state index is -4.81. The van der Waals surface area contributed by atoms with Crippen molar-refractivity contribution in [2.45, 2.75) is 6.18 Å². The van der Waals surface area contributed by atoms with Gasteiger partial charge in [-0.25, -0.2) is 0 Å². The number of benzene rings is 2. The standard InChI is InChI=1S/C24H13Cl2F3N4O/c25-17-7-6-15(10-18(17)26)21-22(24(27,28)29)32-33-20(34)11-19(31-23(21)33)14-4-1-3-13(9-14)16-5-2-8-30-12-16/h1-12,31H. The molecule has 0 aliphatic carbocycles. The van der Waals surface area contributed by atoms with Crippen LogP contribution >= 0.6 is 23.2 Å². The zero-order valence-electron chi connectivity index (χ0n) is 17.1. The molecule has 0 bridgehead atoms. The summed E-state index contributed by atoms with van der Waals surface area (Å²) in [6.45, 7) is 0. The van der Waals surface area contributed by atoms with E-state index in [1.165, 1.54) is 24.3 Å². The van der Waals surface area contributed by atoms with Crippen LogP contribution in [0.2, 0.25) is 10.0 Å². The van der Waals surface area contributed by atoms with Crippen LogP contribution in [0, 0.1) is 0 Å². The lowest BCUT2D eigenvalue weighted by atomic mass is 10.0. The van der Waals surface area contributed by atoms with Gasteiger partial charge in [0.1, 0.15) is 5.65 Å². The Balaban J connectivity index is 1.76. The predicted molar refractivity (Wildman–Crippen MR) is 125 cm³/mol. The van der Waals surface area contributed by atoms with Crippen molar-refractivity contribution < 1.29 is 13.2 Å². The Morgan fingerprint density at radius 2 is 1.62 bits per heavy atom. The molecule has 0 unspecified atom stereocenters. The molecule has 170 valence electrons. The highest BCUT2D eigenvalue weighted by molar-refractivity contribution is 6.42. The molecule has 2 aromatic carbocycles. The molecular weight excluding hydrogens is 488 g/mol. The van der Waals surface area contributed by atoms with Crippen LogP contribution in [-0.2, 0) is 6.18 Å². The highest BCUT2D eigenvalue weighted by Gasteiger charge is 2.39. The Morgan fingerprint density at radius 1 is 0.853 bits per heavy atom. The number of nitrogens with zero attached hydrogens (tertiary/aromatic N) is 3. The highest BCUT2D eigenvalue weighted by atomic mass is 35.5. The van der Waals surface area contributed by atoms with Gasteiger partial charge in [-0.2, -0.15) is 22.8 Å². The number of nitrogens with one attached hydrogen (secondary N) is 1. The molecule has 0 radical (unpaired) electrons. The van der Waals surface area contributed by atoms with Crippen LogP contribution in [0.25, 0.3) is 39.2 Å². The minimum Gasteiger partial charge on any atom is -0.339 e. The summed E-state index contributed by atoms with van der Waals surface area (Å²) in [5.74, 6) is 0. The van der Waals surface area contributed by atoms with Gasteiger partial charge in [-0.15, -0.1) is 0 Å². The summed E-state index contributed by atoms with van der Waals surface area (Å²) in [6.07, 6.45) is -1.46. The van der Waals surface area contributed by atoms with Crippen molar-refractivity contribution in [3.8, 4) is 33.5 Å². The van der Waals surface area contributed by atoms with E-state index in [0.717, 1.165) is 11.1 Å². The Hall–Kier alpha value is -3.62. The Kier molecular flexibility index (Phi) is 5.42. The largest absolute Gasteiger partial charge is 0.435 e. The molecule has 0 fully saturated rings. The average Bonchev–Trinajstić information content (AvgIpc) is 3.22. The van der Waals surface area contributed by atoms with Gasteiger partial charge in [-0.05, 0) is 41.0 Å². The Bertz CT molecular complexity index is 1590. The fourth-order valence-electron chi connectivity index (χ4n) is 3.72. The van der Waals surface area contributed by atoms with Crippen LogP contribution in [0.1, 0.15) is 5.69 Å². The molecule has 0 saturated carbocycles. The van der Waals surface area contributed by atoms with Gasteiger partial charge in [-0.1, -0.05) is 53.5 Å². The summed E-state index contributed by atoms with van der Waals surface area (Å²) in [5, 5.41) is 3.85. The van der Waals surface area contributed by atoms with Crippen molar-refractivity contribution >= 4 is 28.8 Å². The second kappa shape index (κ2) is 8.30. The molecule has 3 aromatic heterocycles. The number of alkyl halides is 3. The van der Waals surface area contributed by atoms with Gasteiger partial charge < -0.3 is 4.98 Å². The van der Waals surface area contributed by atoms with E-state index in [1.54, 1.807) is 30.6 Å².